The van der Waals surface area contributed by atoms with E-state index in [-0.39, 0.29) is 6.04 Å². The van der Waals surface area contributed by atoms with Gasteiger partial charge in [0.2, 0.25) is 0 Å². The van der Waals surface area contributed by atoms with E-state index >= 15 is 0 Å². The SMILES string of the molecule is CCOc1ccccc1C(NC)c1cccc(C)c1I. The lowest BCUT2D eigenvalue weighted by molar-refractivity contribution is 0.334. The third kappa shape index (κ3) is 3.15. The second-order valence-electron chi connectivity index (χ2n) is 4.67. The highest BCUT2D eigenvalue weighted by Crippen LogP contribution is 2.33. The highest BCUT2D eigenvalue weighted by molar-refractivity contribution is 14.1. The monoisotopic (exact) mass is 381 g/mol. The number of ether oxygens (including phenoxy) is 1. The number of nitrogens with one attached hydrogen (secondary N) is 1. The Morgan fingerprint density at radius 3 is 2.50 bits per heavy atom. The Bertz CT molecular complexity index is 583. The Morgan fingerprint density at radius 1 is 1.10 bits per heavy atom. The van der Waals surface area contributed by atoms with Crippen LogP contribution in [0.4, 0.5) is 0 Å². The fourth-order valence-corrected chi connectivity index (χ4v) is 3.05. The van der Waals surface area contributed by atoms with E-state index in [1.807, 2.05) is 26.1 Å². The van der Waals surface area contributed by atoms with Gasteiger partial charge in [0, 0.05) is 9.13 Å². The quantitative estimate of drug-likeness (QED) is 0.780. The van der Waals surface area contributed by atoms with Gasteiger partial charge in [-0.25, -0.2) is 0 Å². The maximum atomic E-state index is 5.77. The Balaban J connectivity index is 2.50. The fourth-order valence-electron chi connectivity index (χ4n) is 2.38. The average molecular weight is 381 g/mol. The molecule has 2 aromatic rings. The van der Waals surface area contributed by atoms with Crippen molar-refractivity contribution in [2.24, 2.45) is 0 Å². The molecule has 0 saturated carbocycles. The first-order valence-corrected chi connectivity index (χ1v) is 7.91. The minimum Gasteiger partial charge on any atom is -0.494 e. The van der Waals surface area contributed by atoms with Crippen LogP contribution in [-0.2, 0) is 0 Å². The van der Waals surface area contributed by atoms with Crippen molar-refractivity contribution < 1.29 is 4.74 Å². The number of hydrogen-bond donors (Lipinski definition) is 1. The van der Waals surface area contributed by atoms with E-state index in [1.54, 1.807) is 0 Å². The van der Waals surface area contributed by atoms with Crippen molar-refractivity contribution in [1.82, 2.24) is 5.32 Å². The zero-order chi connectivity index (χ0) is 14.5. The van der Waals surface area contributed by atoms with Gasteiger partial charge in [-0.05, 0) is 60.7 Å². The highest BCUT2D eigenvalue weighted by atomic mass is 127. The first-order chi connectivity index (χ1) is 9.69. The van der Waals surface area contributed by atoms with E-state index < -0.39 is 0 Å². The molecule has 0 aliphatic heterocycles. The van der Waals surface area contributed by atoms with Crippen molar-refractivity contribution in [3.8, 4) is 5.75 Å². The van der Waals surface area contributed by atoms with Crippen LogP contribution < -0.4 is 10.1 Å². The molecule has 0 bridgehead atoms. The summed E-state index contributed by atoms with van der Waals surface area (Å²) in [6.07, 6.45) is 0. The molecule has 0 amide bonds. The summed E-state index contributed by atoms with van der Waals surface area (Å²) in [6.45, 7) is 4.84. The number of halogens is 1. The number of hydrogen-bond acceptors (Lipinski definition) is 2. The molecule has 2 aromatic carbocycles. The second-order valence-corrected chi connectivity index (χ2v) is 5.75. The fraction of sp³-hybridized carbons (Fsp3) is 0.294. The van der Waals surface area contributed by atoms with Crippen LogP contribution in [-0.4, -0.2) is 13.7 Å². The zero-order valence-electron chi connectivity index (χ0n) is 12.1. The number of rotatable bonds is 5. The Hall–Kier alpha value is -1.07. The molecule has 1 atom stereocenters. The van der Waals surface area contributed by atoms with Gasteiger partial charge < -0.3 is 10.1 Å². The van der Waals surface area contributed by atoms with Gasteiger partial charge in [-0.15, -0.1) is 0 Å². The number of para-hydroxylation sites is 1. The van der Waals surface area contributed by atoms with E-state index in [0.717, 1.165) is 5.75 Å². The van der Waals surface area contributed by atoms with Crippen LogP contribution in [0.25, 0.3) is 0 Å². The molecule has 1 N–H and O–H groups in total. The molecule has 0 radical (unpaired) electrons. The van der Waals surface area contributed by atoms with Gasteiger partial charge in [-0.3, -0.25) is 0 Å². The van der Waals surface area contributed by atoms with Crippen molar-refractivity contribution >= 4 is 22.6 Å². The van der Waals surface area contributed by atoms with Crippen molar-refractivity contribution in [2.75, 3.05) is 13.7 Å². The van der Waals surface area contributed by atoms with Gasteiger partial charge in [-0.2, -0.15) is 0 Å². The lowest BCUT2D eigenvalue weighted by Crippen LogP contribution is -2.20. The molecule has 0 aromatic heterocycles. The molecule has 0 fully saturated rings. The number of benzene rings is 2. The van der Waals surface area contributed by atoms with E-state index in [4.69, 9.17) is 4.74 Å². The van der Waals surface area contributed by atoms with Crippen molar-refractivity contribution in [1.29, 1.82) is 0 Å². The Labute approximate surface area is 134 Å². The first-order valence-electron chi connectivity index (χ1n) is 6.83. The minimum atomic E-state index is 0.143. The van der Waals surface area contributed by atoms with Crippen LogP contribution in [0.5, 0.6) is 5.75 Å². The van der Waals surface area contributed by atoms with Crippen LogP contribution in [0.15, 0.2) is 42.5 Å². The van der Waals surface area contributed by atoms with Crippen molar-refractivity contribution in [3.63, 3.8) is 0 Å². The van der Waals surface area contributed by atoms with Gasteiger partial charge in [0.25, 0.3) is 0 Å². The van der Waals surface area contributed by atoms with Gasteiger partial charge in [0.15, 0.2) is 0 Å². The van der Waals surface area contributed by atoms with E-state index in [1.165, 1.54) is 20.3 Å². The molecular formula is C17H20INO. The maximum absolute atomic E-state index is 5.77. The van der Waals surface area contributed by atoms with E-state index in [0.29, 0.717) is 6.61 Å². The zero-order valence-corrected chi connectivity index (χ0v) is 14.3. The molecule has 0 aliphatic carbocycles. The third-order valence-electron chi connectivity index (χ3n) is 3.35. The van der Waals surface area contributed by atoms with Crippen LogP contribution in [0.2, 0.25) is 0 Å². The summed E-state index contributed by atoms with van der Waals surface area (Å²) >= 11 is 2.42. The molecule has 2 rings (SSSR count). The van der Waals surface area contributed by atoms with Crippen LogP contribution in [0.3, 0.4) is 0 Å². The predicted octanol–water partition coefficient (Wildman–Crippen LogP) is 4.31. The maximum Gasteiger partial charge on any atom is 0.124 e. The third-order valence-corrected chi connectivity index (χ3v) is 4.82. The Kier molecular flexibility index (Phi) is 5.43. The largest absolute Gasteiger partial charge is 0.494 e. The van der Waals surface area contributed by atoms with Crippen molar-refractivity contribution in [3.05, 3.63) is 62.7 Å². The molecule has 106 valence electrons. The van der Waals surface area contributed by atoms with Gasteiger partial charge >= 0.3 is 0 Å². The number of aryl methyl sites for hydroxylation is 1. The van der Waals surface area contributed by atoms with Crippen LogP contribution in [0.1, 0.15) is 29.7 Å². The molecule has 3 heteroatoms. The van der Waals surface area contributed by atoms with E-state index in [9.17, 15) is 0 Å². The second kappa shape index (κ2) is 7.09. The lowest BCUT2D eigenvalue weighted by Gasteiger charge is -2.22. The first kappa shape index (κ1) is 15.3. The molecule has 0 saturated heterocycles. The van der Waals surface area contributed by atoms with Crippen LogP contribution >= 0.6 is 22.6 Å². The topological polar surface area (TPSA) is 21.3 Å². The molecule has 20 heavy (non-hydrogen) atoms. The molecule has 1 unspecified atom stereocenters. The Morgan fingerprint density at radius 2 is 1.80 bits per heavy atom. The van der Waals surface area contributed by atoms with Gasteiger partial charge in [-0.1, -0.05) is 36.4 Å². The molecule has 2 nitrogen and oxygen atoms in total. The molecule has 0 heterocycles. The lowest BCUT2D eigenvalue weighted by atomic mass is 9.96. The smallest absolute Gasteiger partial charge is 0.124 e. The normalized spacial score (nSPS) is 12.2. The summed E-state index contributed by atoms with van der Waals surface area (Å²) in [7, 11) is 1.99. The summed E-state index contributed by atoms with van der Waals surface area (Å²) in [6, 6.07) is 14.8. The minimum absolute atomic E-state index is 0.143. The molecule has 0 spiro atoms. The molecule has 0 aliphatic rings. The summed E-state index contributed by atoms with van der Waals surface area (Å²) in [5, 5.41) is 3.42. The predicted molar refractivity (Wildman–Crippen MR) is 92.4 cm³/mol. The van der Waals surface area contributed by atoms with Gasteiger partial charge in [0.1, 0.15) is 5.75 Å². The summed E-state index contributed by atoms with van der Waals surface area (Å²) in [5.41, 5.74) is 3.78. The van der Waals surface area contributed by atoms with Crippen LogP contribution in [0, 0.1) is 10.5 Å². The van der Waals surface area contributed by atoms with Gasteiger partial charge in [0.05, 0.1) is 12.6 Å². The summed E-state index contributed by atoms with van der Waals surface area (Å²) in [4.78, 5) is 0. The molecular weight excluding hydrogens is 361 g/mol. The average Bonchev–Trinajstić information content (AvgIpc) is 2.46. The highest BCUT2D eigenvalue weighted by Gasteiger charge is 2.19. The summed E-state index contributed by atoms with van der Waals surface area (Å²) < 4.78 is 7.07. The summed E-state index contributed by atoms with van der Waals surface area (Å²) in [5.74, 6) is 0.951. The standard InChI is InChI=1S/C17H20INO/c1-4-20-15-11-6-5-9-13(15)17(19-3)14-10-7-8-12(2)16(14)18/h5-11,17,19H,4H2,1-3H3. The van der Waals surface area contributed by atoms with Crippen molar-refractivity contribution in [2.45, 2.75) is 19.9 Å². The van der Waals surface area contributed by atoms with E-state index in [2.05, 4.69) is 65.2 Å².